The average Bonchev–Trinajstić information content (AvgIpc) is 2.30. The number of pyridine rings is 1. The monoisotopic (exact) mass is 315 g/mol. The number of nitrogens with zero attached hydrogens (tertiary/aromatic N) is 1. The van der Waals surface area contributed by atoms with Crippen molar-refractivity contribution < 1.29 is 0 Å². The van der Waals surface area contributed by atoms with Crippen LogP contribution in [0.4, 0.5) is 0 Å². The number of hydrogen-bond acceptors (Lipinski definition) is 1. The first kappa shape index (κ1) is 11.9. The van der Waals surface area contributed by atoms with Gasteiger partial charge in [-0.15, -0.1) is 0 Å². The van der Waals surface area contributed by atoms with Crippen LogP contribution in [0.1, 0.15) is 16.1 Å². The van der Waals surface area contributed by atoms with Crippen LogP contribution in [-0.4, -0.2) is 4.98 Å². The predicted octanol–water partition coefficient (Wildman–Crippen LogP) is 4.87. The van der Waals surface area contributed by atoms with Gasteiger partial charge in [0.1, 0.15) is 0 Å². The summed E-state index contributed by atoms with van der Waals surface area (Å²) < 4.78 is 0. The first-order chi connectivity index (χ1) is 7.68. The van der Waals surface area contributed by atoms with Crippen molar-refractivity contribution in [3.05, 3.63) is 63.9 Å². The molecule has 1 heterocycles. The summed E-state index contributed by atoms with van der Waals surface area (Å²) in [6, 6.07) is 11.4. The van der Waals surface area contributed by atoms with Crippen molar-refractivity contribution in [3.8, 4) is 0 Å². The third-order valence-electron chi connectivity index (χ3n) is 2.19. The zero-order valence-electron chi connectivity index (χ0n) is 8.20. The lowest BCUT2D eigenvalue weighted by atomic mass is 10.1. The molecule has 0 N–H and O–H groups in total. The van der Waals surface area contributed by atoms with Gasteiger partial charge in [-0.05, 0) is 23.8 Å². The minimum absolute atomic E-state index is 0.0153. The first-order valence-electron chi connectivity index (χ1n) is 4.68. The number of benzene rings is 1. The topological polar surface area (TPSA) is 12.9 Å². The van der Waals surface area contributed by atoms with Gasteiger partial charge >= 0.3 is 0 Å². The van der Waals surface area contributed by atoms with Crippen LogP contribution in [0.15, 0.2) is 42.6 Å². The van der Waals surface area contributed by atoms with Crippen LogP contribution in [-0.2, 0) is 0 Å². The van der Waals surface area contributed by atoms with Gasteiger partial charge in [0.05, 0.1) is 15.5 Å². The quantitative estimate of drug-likeness (QED) is 0.720. The normalized spacial score (nSPS) is 12.4. The van der Waals surface area contributed by atoms with Gasteiger partial charge < -0.3 is 0 Å². The van der Waals surface area contributed by atoms with Crippen LogP contribution in [0, 0.1) is 0 Å². The summed E-state index contributed by atoms with van der Waals surface area (Å²) in [7, 11) is 0. The summed E-state index contributed by atoms with van der Waals surface area (Å²) in [5.74, 6) is 0. The number of alkyl halides is 1. The van der Waals surface area contributed by atoms with Crippen molar-refractivity contribution in [2.24, 2.45) is 0 Å². The molecule has 0 amide bonds. The van der Waals surface area contributed by atoms with Gasteiger partial charge in [0, 0.05) is 11.2 Å². The van der Waals surface area contributed by atoms with E-state index in [0.29, 0.717) is 5.02 Å². The van der Waals surface area contributed by atoms with Crippen LogP contribution < -0.4 is 0 Å². The zero-order chi connectivity index (χ0) is 11.5. The fourth-order valence-corrected chi connectivity index (χ4v) is 2.54. The van der Waals surface area contributed by atoms with E-state index in [1.165, 1.54) is 0 Å². The number of halogens is 3. The molecule has 2 aromatic rings. The maximum absolute atomic E-state index is 6.12. The highest BCUT2D eigenvalue weighted by atomic mass is 79.9. The maximum Gasteiger partial charge on any atom is 0.0831 e. The fraction of sp³-hybridized carbons (Fsp3) is 0.0833. The Kier molecular flexibility index (Phi) is 3.85. The lowest BCUT2D eigenvalue weighted by molar-refractivity contribution is 1.06. The molecule has 0 fully saturated rings. The largest absolute Gasteiger partial charge is 0.258 e. The summed E-state index contributed by atoms with van der Waals surface area (Å²) in [5.41, 5.74) is 1.89. The molecule has 0 bridgehead atoms. The van der Waals surface area contributed by atoms with Gasteiger partial charge in [0.25, 0.3) is 0 Å². The number of hydrogen-bond donors (Lipinski definition) is 0. The Labute approximate surface area is 113 Å². The van der Waals surface area contributed by atoms with Crippen molar-refractivity contribution in [1.82, 2.24) is 4.98 Å². The zero-order valence-corrected chi connectivity index (χ0v) is 11.3. The predicted molar refractivity (Wildman–Crippen MR) is 71.5 cm³/mol. The van der Waals surface area contributed by atoms with Crippen molar-refractivity contribution >= 4 is 39.1 Å². The van der Waals surface area contributed by atoms with Gasteiger partial charge in [-0.1, -0.05) is 57.3 Å². The SMILES string of the molecule is Clc1ccc(C(Br)c2ccccc2Cl)nc1. The van der Waals surface area contributed by atoms with E-state index < -0.39 is 0 Å². The van der Waals surface area contributed by atoms with Gasteiger partial charge in [-0.3, -0.25) is 4.98 Å². The van der Waals surface area contributed by atoms with E-state index in [1.54, 1.807) is 6.20 Å². The Morgan fingerprint density at radius 1 is 1.06 bits per heavy atom. The van der Waals surface area contributed by atoms with Crippen LogP contribution >= 0.6 is 39.1 Å². The molecule has 82 valence electrons. The molecule has 0 saturated heterocycles. The number of aromatic nitrogens is 1. The molecule has 0 aliphatic rings. The fourth-order valence-electron chi connectivity index (χ4n) is 1.38. The third kappa shape index (κ3) is 2.57. The third-order valence-corrected chi connectivity index (χ3v) is 3.72. The maximum atomic E-state index is 6.12. The smallest absolute Gasteiger partial charge is 0.0831 e. The lowest BCUT2D eigenvalue weighted by Crippen LogP contribution is -1.96. The first-order valence-corrected chi connectivity index (χ1v) is 6.35. The molecule has 1 aromatic heterocycles. The highest BCUT2D eigenvalue weighted by Crippen LogP contribution is 2.34. The molecule has 0 radical (unpaired) electrons. The molecule has 16 heavy (non-hydrogen) atoms. The summed E-state index contributed by atoms with van der Waals surface area (Å²) in [6.45, 7) is 0. The Morgan fingerprint density at radius 2 is 1.81 bits per heavy atom. The molecule has 1 atom stereocenters. The molecule has 4 heteroatoms. The minimum atomic E-state index is -0.0153. The van der Waals surface area contributed by atoms with Crippen LogP contribution in [0.5, 0.6) is 0 Å². The molecule has 1 nitrogen and oxygen atoms in total. The molecule has 1 unspecified atom stereocenters. The molecular formula is C12H8BrCl2N. The summed E-state index contributed by atoms with van der Waals surface area (Å²) in [6.07, 6.45) is 1.63. The highest BCUT2D eigenvalue weighted by molar-refractivity contribution is 9.09. The van der Waals surface area contributed by atoms with Gasteiger partial charge in [0.2, 0.25) is 0 Å². The van der Waals surface area contributed by atoms with E-state index in [2.05, 4.69) is 20.9 Å². The Hall–Kier alpha value is -0.570. The molecule has 0 aliphatic heterocycles. The van der Waals surface area contributed by atoms with Gasteiger partial charge in [-0.25, -0.2) is 0 Å². The van der Waals surface area contributed by atoms with E-state index in [9.17, 15) is 0 Å². The van der Waals surface area contributed by atoms with Crippen LogP contribution in [0.2, 0.25) is 10.0 Å². The Balaban J connectivity index is 2.35. The summed E-state index contributed by atoms with van der Waals surface area (Å²) >= 11 is 15.5. The van der Waals surface area contributed by atoms with Crippen LogP contribution in [0.3, 0.4) is 0 Å². The molecule has 0 aliphatic carbocycles. The van der Waals surface area contributed by atoms with E-state index in [-0.39, 0.29) is 4.83 Å². The molecule has 1 aromatic carbocycles. The van der Waals surface area contributed by atoms with E-state index in [4.69, 9.17) is 23.2 Å². The second kappa shape index (κ2) is 5.17. The van der Waals surface area contributed by atoms with Gasteiger partial charge in [-0.2, -0.15) is 0 Å². The Bertz CT molecular complexity index is 485. The average molecular weight is 317 g/mol. The van der Waals surface area contributed by atoms with E-state index in [0.717, 1.165) is 16.3 Å². The standard InChI is InChI=1S/C12H8BrCl2N/c13-12(9-3-1-2-4-10(9)15)11-6-5-8(14)7-16-11/h1-7,12H. The summed E-state index contributed by atoms with van der Waals surface area (Å²) in [5, 5.41) is 1.35. The van der Waals surface area contributed by atoms with E-state index in [1.807, 2.05) is 36.4 Å². The van der Waals surface area contributed by atoms with Crippen molar-refractivity contribution in [3.63, 3.8) is 0 Å². The second-order valence-corrected chi connectivity index (χ2v) is 5.04. The summed E-state index contributed by atoms with van der Waals surface area (Å²) in [4.78, 5) is 4.24. The second-order valence-electron chi connectivity index (χ2n) is 3.29. The van der Waals surface area contributed by atoms with Crippen molar-refractivity contribution in [1.29, 1.82) is 0 Å². The minimum Gasteiger partial charge on any atom is -0.258 e. The molecule has 0 spiro atoms. The molecular weight excluding hydrogens is 309 g/mol. The highest BCUT2D eigenvalue weighted by Gasteiger charge is 2.14. The van der Waals surface area contributed by atoms with Crippen LogP contribution in [0.25, 0.3) is 0 Å². The molecule has 0 saturated carbocycles. The van der Waals surface area contributed by atoms with Gasteiger partial charge in [0.15, 0.2) is 0 Å². The van der Waals surface area contributed by atoms with E-state index >= 15 is 0 Å². The lowest BCUT2D eigenvalue weighted by Gasteiger charge is -2.11. The van der Waals surface area contributed by atoms with Crippen molar-refractivity contribution in [2.75, 3.05) is 0 Å². The van der Waals surface area contributed by atoms with Crippen molar-refractivity contribution in [2.45, 2.75) is 4.83 Å². The molecule has 2 rings (SSSR count). The Morgan fingerprint density at radius 3 is 2.44 bits per heavy atom. The number of rotatable bonds is 2.